The number of rotatable bonds is 5. The summed E-state index contributed by atoms with van der Waals surface area (Å²) in [6, 6.07) is 9.51. The first-order chi connectivity index (χ1) is 13.1. The van der Waals surface area contributed by atoms with Crippen LogP contribution in [0.5, 0.6) is 0 Å². The third-order valence-electron chi connectivity index (χ3n) is 6.60. The smallest absolute Gasteiger partial charge is 0.251 e. The molecule has 3 saturated carbocycles. The molecule has 3 fully saturated rings. The molecule has 27 heavy (non-hydrogen) atoms. The van der Waals surface area contributed by atoms with Gasteiger partial charge in [-0.15, -0.1) is 5.10 Å². The molecule has 6 heteroatoms. The van der Waals surface area contributed by atoms with E-state index in [0.29, 0.717) is 40.8 Å². The highest BCUT2D eigenvalue weighted by Crippen LogP contribution is 2.62. The molecule has 0 radical (unpaired) electrons. The van der Waals surface area contributed by atoms with Crippen LogP contribution in [0.4, 0.5) is 0 Å². The highest BCUT2D eigenvalue weighted by molar-refractivity contribution is 5.94. The average Bonchev–Trinajstić information content (AvgIpc) is 3.55. The van der Waals surface area contributed by atoms with Crippen LogP contribution >= 0.6 is 0 Å². The van der Waals surface area contributed by atoms with Gasteiger partial charge in [0.25, 0.3) is 5.91 Å². The summed E-state index contributed by atoms with van der Waals surface area (Å²) in [5.41, 5.74) is 2.34. The molecule has 1 heterocycles. The molecule has 5 atom stereocenters. The van der Waals surface area contributed by atoms with Gasteiger partial charge in [0, 0.05) is 23.7 Å². The van der Waals surface area contributed by atoms with E-state index in [4.69, 9.17) is 5.26 Å². The molecule has 3 aliphatic rings. The topological polar surface area (TPSA) is 83.6 Å². The number of hydrogen-bond donors (Lipinski definition) is 1. The second-order valence-electron chi connectivity index (χ2n) is 8.38. The van der Waals surface area contributed by atoms with E-state index in [-0.39, 0.29) is 11.9 Å². The maximum Gasteiger partial charge on any atom is 0.251 e. The summed E-state index contributed by atoms with van der Waals surface area (Å²) in [6.07, 6.45) is 6.94. The standard InChI is InChI=1S/C21H23N5O/c1-12(23-21(27)15-4-2-13(10-22)3-5-15)20-17-8-16(9-18(17)20)26-11-19(24-25-26)14-6-7-14/h2-5,11-12,14,16-18,20H,6-9H2,1H3,(H,23,27)/t12?,16-,17-,18+,20+. The van der Waals surface area contributed by atoms with Crippen molar-refractivity contribution in [1.82, 2.24) is 20.3 Å². The van der Waals surface area contributed by atoms with Crippen LogP contribution in [0.15, 0.2) is 30.5 Å². The van der Waals surface area contributed by atoms with Crippen molar-refractivity contribution in [3.05, 3.63) is 47.3 Å². The Bertz CT molecular complexity index is 895. The SMILES string of the molecule is CC(NC(=O)c1ccc(C#N)cc1)[C@H]1[C@@H]2C[C@@H](n3cc(C4CC4)nn3)C[C@@H]21. The molecule has 0 aliphatic heterocycles. The number of nitriles is 1. The molecule has 3 aliphatic carbocycles. The lowest BCUT2D eigenvalue weighted by Gasteiger charge is -2.19. The van der Waals surface area contributed by atoms with Crippen LogP contribution in [0.1, 0.15) is 66.2 Å². The number of nitrogens with zero attached hydrogens (tertiary/aromatic N) is 4. The number of carbonyl (C=O) groups excluding carboxylic acids is 1. The van der Waals surface area contributed by atoms with Crippen molar-refractivity contribution < 1.29 is 4.79 Å². The van der Waals surface area contributed by atoms with Gasteiger partial charge in [0.15, 0.2) is 0 Å². The van der Waals surface area contributed by atoms with Crippen LogP contribution in [-0.2, 0) is 0 Å². The van der Waals surface area contributed by atoms with Crippen LogP contribution in [0, 0.1) is 29.1 Å². The van der Waals surface area contributed by atoms with Crippen molar-refractivity contribution in [2.75, 3.05) is 0 Å². The third kappa shape index (κ3) is 3.01. The first-order valence-electron chi connectivity index (χ1n) is 9.87. The number of amides is 1. The van der Waals surface area contributed by atoms with E-state index in [1.165, 1.54) is 12.8 Å². The highest BCUT2D eigenvalue weighted by atomic mass is 16.1. The van der Waals surface area contributed by atoms with Crippen LogP contribution in [-0.4, -0.2) is 26.9 Å². The van der Waals surface area contributed by atoms with Gasteiger partial charge in [-0.05, 0) is 74.6 Å². The first-order valence-corrected chi connectivity index (χ1v) is 9.87. The van der Waals surface area contributed by atoms with Crippen LogP contribution in [0.25, 0.3) is 0 Å². The minimum Gasteiger partial charge on any atom is -0.349 e. The van der Waals surface area contributed by atoms with E-state index in [9.17, 15) is 4.79 Å². The fraction of sp³-hybridized carbons (Fsp3) is 0.524. The van der Waals surface area contributed by atoms with Gasteiger partial charge in [0.1, 0.15) is 0 Å². The highest BCUT2D eigenvalue weighted by Gasteiger charge is 2.58. The molecule has 138 valence electrons. The second kappa shape index (κ2) is 6.19. The van der Waals surface area contributed by atoms with E-state index in [2.05, 4.69) is 39.5 Å². The lowest BCUT2D eigenvalue weighted by atomic mass is 10.0. The third-order valence-corrected chi connectivity index (χ3v) is 6.60. The lowest BCUT2D eigenvalue weighted by Crippen LogP contribution is -2.35. The summed E-state index contributed by atoms with van der Waals surface area (Å²) >= 11 is 0. The predicted molar refractivity (Wildman–Crippen MR) is 98.8 cm³/mol. The van der Waals surface area contributed by atoms with Crippen molar-refractivity contribution in [1.29, 1.82) is 5.26 Å². The molecule has 2 aromatic rings. The van der Waals surface area contributed by atoms with Gasteiger partial charge in [-0.2, -0.15) is 5.26 Å². The Hall–Kier alpha value is -2.68. The largest absolute Gasteiger partial charge is 0.349 e. The molecule has 0 saturated heterocycles. The lowest BCUT2D eigenvalue weighted by molar-refractivity contribution is 0.0932. The maximum absolute atomic E-state index is 12.4. The molecule has 0 spiro atoms. The number of fused-ring (bicyclic) bond motifs is 1. The van der Waals surface area contributed by atoms with E-state index < -0.39 is 0 Å². The van der Waals surface area contributed by atoms with Crippen molar-refractivity contribution in [3.63, 3.8) is 0 Å². The Morgan fingerprint density at radius 2 is 1.96 bits per heavy atom. The molecule has 0 bridgehead atoms. The van der Waals surface area contributed by atoms with E-state index in [0.717, 1.165) is 18.5 Å². The van der Waals surface area contributed by atoms with Gasteiger partial charge in [-0.3, -0.25) is 4.79 Å². The molecule has 6 nitrogen and oxygen atoms in total. The van der Waals surface area contributed by atoms with E-state index in [1.54, 1.807) is 24.3 Å². The number of benzene rings is 1. The van der Waals surface area contributed by atoms with Crippen LogP contribution in [0.3, 0.4) is 0 Å². The Balaban J connectivity index is 1.16. The molecule has 1 unspecified atom stereocenters. The molecule has 5 rings (SSSR count). The van der Waals surface area contributed by atoms with Gasteiger partial charge >= 0.3 is 0 Å². The van der Waals surface area contributed by atoms with Crippen LogP contribution < -0.4 is 5.32 Å². The summed E-state index contributed by atoms with van der Waals surface area (Å²) in [7, 11) is 0. The first kappa shape index (κ1) is 16.5. The zero-order valence-electron chi connectivity index (χ0n) is 15.4. The maximum atomic E-state index is 12.4. The molecule has 1 aromatic carbocycles. The minimum absolute atomic E-state index is 0.0566. The normalized spacial score (nSPS) is 29.6. The van der Waals surface area contributed by atoms with Crippen molar-refractivity contribution in [2.45, 2.75) is 50.6 Å². The Morgan fingerprint density at radius 1 is 1.26 bits per heavy atom. The van der Waals surface area contributed by atoms with Gasteiger partial charge in [-0.25, -0.2) is 4.68 Å². The minimum atomic E-state index is -0.0566. The average molecular weight is 361 g/mol. The van der Waals surface area contributed by atoms with Gasteiger partial charge in [-0.1, -0.05) is 5.21 Å². The zero-order valence-corrected chi connectivity index (χ0v) is 15.4. The molecule has 1 amide bonds. The molecular weight excluding hydrogens is 338 g/mol. The van der Waals surface area contributed by atoms with Crippen molar-refractivity contribution >= 4 is 5.91 Å². The van der Waals surface area contributed by atoms with E-state index in [1.807, 2.05) is 0 Å². The summed E-state index contributed by atoms with van der Waals surface area (Å²) in [4.78, 5) is 12.4. The summed E-state index contributed by atoms with van der Waals surface area (Å²) in [6.45, 7) is 2.11. The predicted octanol–water partition coefficient (Wildman–Crippen LogP) is 3.04. The number of aromatic nitrogens is 3. The Morgan fingerprint density at radius 3 is 2.59 bits per heavy atom. The zero-order chi connectivity index (χ0) is 18.5. The molecule has 1 aromatic heterocycles. The van der Waals surface area contributed by atoms with Gasteiger partial charge in [0.2, 0.25) is 0 Å². The monoisotopic (exact) mass is 361 g/mol. The van der Waals surface area contributed by atoms with Crippen molar-refractivity contribution in [2.24, 2.45) is 17.8 Å². The van der Waals surface area contributed by atoms with Crippen molar-refractivity contribution in [3.8, 4) is 6.07 Å². The fourth-order valence-electron chi connectivity index (χ4n) is 4.94. The molecule has 1 N–H and O–H groups in total. The Labute approximate surface area is 158 Å². The summed E-state index contributed by atoms with van der Waals surface area (Å²) in [5.74, 6) is 2.52. The van der Waals surface area contributed by atoms with Gasteiger partial charge in [0.05, 0.1) is 23.4 Å². The Kier molecular flexibility index (Phi) is 3.78. The number of hydrogen-bond acceptors (Lipinski definition) is 4. The summed E-state index contributed by atoms with van der Waals surface area (Å²) < 4.78 is 2.08. The fourth-order valence-corrected chi connectivity index (χ4v) is 4.94. The number of carbonyl (C=O) groups is 1. The van der Waals surface area contributed by atoms with Gasteiger partial charge < -0.3 is 5.32 Å². The molecular formula is C21H23N5O. The summed E-state index contributed by atoms with van der Waals surface area (Å²) in [5, 5.41) is 20.7. The quantitative estimate of drug-likeness (QED) is 0.887. The number of nitrogens with one attached hydrogen (secondary N) is 1. The second-order valence-corrected chi connectivity index (χ2v) is 8.38. The van der Waals surface area contributed by atoms with E-state index >= 15 is 0 Å². The van der Waals surface area contributed by atoms with Crippen LogP contribution in [0.2, 0.25) is 0 Å².